The lowest BCUT2D eigenvalue weighted by Crippen LogP contribution is -2.13. The van der Waals surface area contributed by atoms with Crippen LogP contribution in [-0.4, -0.2) is 32.8 Å². The Kier molecular flexibility index (Phi) is 5.92. The minimum Gasteiger partial charge on any atom is -0.491 e. The van der Waals surface area contributed by atoms with E-state index >= 15 is 0 Å². The van der Waals surface area contributed by atoms with Gasteiger partial charge in [-0.15, -0.1) is 11.3 Å². The summed E-state index contributed by atoms with van der Waals surface area (Å²) in [5, 5.41) is 12.9. The van der Waals surface area contributed by atoms with E-state index in [1.807, 2.05) is 54.9 Å². The maximum atomic E-state index is 9.42. The molecule has 0 saturated carbocycles. The van der Waals surface area contributed by atoms with Gasteiger partial charge in [0.1, 0.15) is 24.0 Å². The minimum absolute atomic E-state index is 0.0197. The fourth-order valence-electron chi connectivity index (χ4n) is 3.20. The first-order chi connectivity index (χ1) is 14.5. The Balaban J connectivity index is 1.55. The van der Waals surface area contributed by atoms with Crippen LogP contribution in [0.25, 0.3) is 21.5 Å². The summed E-state index contributed by atoms with van der Waals surface area (Å²) in [6.45, 7) is 5.95. The van der Waals surface area contributed by atoms with Crippen molar-refractivity contribution in [2.75, 3.05) is 11.9 Å². The number of benzene rings is 2. The maximum absolute atomic E-state index is 9.42. The molecule has 2 N–H and O–H groups in total. The van der Waals surface area contributed by atoms with Gasteiger partial charge in [-0.25, -0.2) is 15.0 Å². The first-order valence-electron chi connectivity index (χ1n) is 9.84. The molecule has 7 heteroatoms. The summed E-state index contributed by atoms with van der Waals surface area (Å²) >= 11 is 1.62. The van der Waals surface area contributed by atoms with Gasteiger partial charge in [-0.05, 0) is 50.6 Å². The largest absolute Gasteiger partial charge is 0.491 e. The number of rotatable bonds is 7. The summed E-state index contributed by atoms with van der Waals surface area (Å²) < 4.78 is 6.76. The second kappa shape index (κ2) is 8.77. The Bertz CT molecular complexity index is 1160. The van der Waals surface area contributed by atoms with Crippen LogP contribution in [0.1, 0.15) is 31.3 Å². The average Bonchev–Trinajstić information content (AvgIpc) is 3.20. The van der Waals surface area contributed by atoms with Crippen molar-refractivity contribution in [2.24, 2.45) is 0 Å². The lowest BCUT2D eigenvalue weighted by molar-refractivity contribution is 0.122. The highest BCUT2D eigenvalue weighted by atomic mass is 32.1. The van der Waals surface area contributed by atoms with Crippen molar-refractivity contribution >= 4 is 27.4 Å². The molecule has 0 aliphatic rings. The molecule has 0 aliphatic heterocycles. The molecule has 2 aromatic heterocycles. The normalized spacial score (nSPS) is 13.2. The van der Waals surface area contributed by atoms with Crippen molar-refractivity contribution in [3.63, 3.8) is 0 Å². The first-order valence-corrected chi connectivity index (χ1v) is 10.7. The molecular weight excluding hydrogens is 396 g/mol. The molecule has 0 aliphatic carbocycles. The van der Waals surface area contributed by atoms with Crippen molar-refractivity contribution in [1.82, 2.24) is 15.0 Å². The average molecular weight is 421 g/mol. The van der Waals surface area contributed by atoms with Crippen LogP contribution in [0.5, 0.6) is 5.75 Å². The van der Waals surface area contributed by atoms with Gasteiger partial charge < -0.3 is 15.2 Å². The fourth-order valence-corrected chi connectivity index (χ4v) is 3.92. The topological polar surface area (TPSA) is 80.2 Å². The third-order valence-electron chi connectivity index (χ3n) is 4.68. The molecule has 30 heavy (non-hydrogen) atoms. The van der Waals surface area contributed by atoms with Crippen molar-refractivity contribution in [1.29, 1.82) is 0 Å². The monoisotopic (exact) mass is 420 g/mol. The number of fused-ring (bicyclic) bond motifs is 1. The lowest BCUT2D eigenvalue weighted by atomic mass is 10.1. The van der Waals surface area contributed by atoms with Crippen LogP contribution in [-0.2, 0) is 0 Å². The maximum Gasteiger partial charge on any atom is 0.130 e. The Labute approximate surface area is 179 Å². The summed E-state index contributed by atoms with van der Waals surface area (Å²) in [5.41, 5.74) is 5.84. The molecule has 0 radical (unpaired) electrons. The van der Waals surface area contributed by atoms with E-state index in [1.54, 1.807) is 18.3 Å². The molecule has 6 nitrogen and oxygen atoms in total. The summed E-state index contributed by atoms with van der Waals surface area (Å²) in [7, 11) is 0. The molecule has 2 atom stereocenters. The molecule has 2 aromatic carbocycles. The number of thiazole rings is 1. The Morgan fingerprint density at radius 2 is 1.97 bits per heavy atom. The molecule has 4 rings (SSSR count). The molecule has 4 aromatic rings. The quantitative estimate of drug-likeness (QED) is 0.438. The van der Waals surface area contributed by atoms with Crippen molar-refractivity contribution in [3.05, 3.63) is 65.4 Å². The van der Waals surface area contributed by atoms with Crippen LogP contribution >= 0.6 is 11.3 Å². The van der Waals surface area contributed by atoms with E-state index in [1.165, 1.54) is 0 Å². The van der Waals surface area contributed by atoms with Gasteiger partial charge in [0.2, 0.25) is 0 Å². The Hall–Kier alpha value is -3.03. The lowest BCUT2D eigenvalue weighted by Gasteiger charge is -2.17. The molecule has 2 unspecified atom stereocenters. The van der Waals surface area contributed by atoms with Gasteiger partial charge in [0, 0.05) is 11.6 Å². The number of hydrogen-bond donors (Lipinski definition) is 2. The Morgan fingerprint density at radius 1 is 1.10 bits per heavy atom. The number of hydrogen-bond acceptors (Lipinski definition) is 7. The zero-order valence-corrected chi connectivity index (χ0v) is 18.0. The second-order valence-corrected chi connectivity index (χ2v) is 8.21. The smallest absolute Gasteiger partial charge is 0.130 e. The highest BCUT2D eigenvalue weighted by Crippen LogP contribution is 2.28. The summed E-state index contributed by atoms with van der Waals surface area (Å²) in [5.74, 6) is 2.21. The number of ether oxygens (including phenoxy) is 1. The Morgan fingerprint density at radius 3 is 2.80 bits per heavy atom. The number of aromatic nitrogens is 3. The van der Waals surface area contributed by atoms with E-state index in [2.05, 4.69) is 33.3 Å². The minimum atomic E-state index is -0.504. The molecule has 0 saturated heterocycles. The standard InChI is InChI=1S/C23H24N4O2S/c1-14(28)12-29-19-6-4-5-17(9-19)15(2)25-23-11-21(26-16(3)27-23)18-7-8-20-22(10-18)30-13-24-20/h4-11,13-15,28H,12H2,1-3H3,(H,25,26,27). The molecule has 0 fully saturated rings. The fraction of sp³-hybridized carbons (Fsp3) is 0.261. The van der Waals surface area contributed by atoms with Crippen molar-refractivity contribution in [2.45, 2.75) is 32.9 Å². The van der Waals surface area contributed by atoms with Gasteiger partial charge in [0.15, 0.2) is 0 Å². The predicted octanol–water partition coefficient (Wildman–Crippen LogP) is 4.99. The van der Waals surface area contributed by atoms with Gasteiger partial charge in [0.25, 0.3) is 0 Å². The summed E-state index contributed by atoms with van der Waals surface area (Å²) in [6, 6.07) is 16.0. The molecule has 0 bridgehead atoms. The van der Waals surface area contributed by atoms with Gasteiger partial charge in [0.05, 0.1) is 33.6 Å². The SMILES string of the molecule is Cc1nc(NC(C)c2cccc(OCC(C)O)c2)cc(-c2ccc3ncsc3c2)n1. The zero-order valence-electron chi connectivity index (χ0n) is 17.2. The van der Waals surface area contributed by atoms with Gasteiger partial charge in [-0.3, -0.25) is 0 Å². The molecule has 0 amide bonds. The van der Waals surface area contributed by atoms with Crippen LogP contribution < -0.4 is 10.1 Å². The zero-order chi connectivity index (χ0) is 21.1. The van der Waals surface area contributed by atoms with Crippen LogP contribution in [0.2, 0.25) is 0 Å². The molecule has 2 heterocycles. The van der Waals surface area contributed by atoms with E-state index in [0.29, 0.717) is 5.82 Å². The van der Waals surface area contributed by atoms with E-state index < -0.39 is 6.10 Å². The van der Waals surface area contributed by atoms with Crippen LogP contribution in [0.4, 0.5) is 5.82 Å². The number of nitrogens with one attached hydrogen (secondary N) is 1. The van der Waals surface area contributed by atoms with Gasteiger partial charge in [-0.1, -0.05) is 18.2 Å². The van der Waals surface area contributed by atoms with Crippen molar-refractivity contribution < 1.29 is 9.84 Å². The third kappa shape index (κ3) is 4.75. The third-order valence-corrected chi connectivity index (χ3v) is 5.47. The number of nitrogens with zero attached hydrogens (tertiary/aromatic N) is 3. The summed E-state index contributed by atoms with van der Waals surface area (Å²) in [4.78, 5) is 13.5. The molecule has 0 spiro atoms. The highest BCUT2D eigenvalue weighted by Gasteiger charge is 2.11. The van der Waals surface area contributed by atoms with Crippen molar-refractivity contribution in [3.8, 4) is 17.0 Å². The van der Waals surface area contributed by atoms with Crippen LogP contribution in [0.15, 0.2) is 54.0 Å². The van der Waals surface area contributed by atoms with E-state index in [-0.39, 0.29) is 12.6 Å². The van der Waals surface area contributed by atoms with Gasteiger partial charge >= 0.3 is 0 Å². The van der Waals surface area contributed by atoms with Gasteiger partial charge in [-0.2, -0.15) is 0 Å². The van der Waals surface area contributed by atoms with Crippen LogP contribution in [0, 0.1) is 6.92 Å². The highest BCUT2D eigenvalue weighted by molar-refractivity contribution is 7.16. The number of aryl methyl sites for hydroxylation is 1. The number of aliphatic hydroxyl groups excluding tert-OH is 1. The van der Waals surface area contributed by atoms with E-state index in [4.69, 9.17) is 4.74 Å². The van der Waals surface area contributed by atoms with E-state index in [0.717, 1.165) is 38.6 Å². The summed E-state index contributed by atoms with van der Waals surface area (Å²) in [6.07, 6.45) is -0.504. The number of anilines is 1. The van der Waals surface area contributed by atoms with Crippen LogP contribution in [0.3, 0.4) is 0 Å². The molecule has 154 valence electrons. The van der Waals surface area contributed by atoms with E-state index in [9.17, 15) is 5.11 Å². The second-order valence-electron chi connectivity index (χ2n) is 7.32. The first kappa shape index (κ1) is 20.3. The predicted molar refractivity (Wildman–Crippen MR) is 121 cm³/mol. The number of aliphatic hydroxyl groups is 1. The molecular formula is C23H24N4O2S.